The molecule has 192 valence electrons. The molecule has 0 aliphatic carbocycles. The lowest BCUT2D eigenvalue weighted by atomic mass is 10.1. The normalized spacial score (nSPS) is 11.5. The second-order valence-corrected chi connectivity index (χ2v) is 9.52. The zero-order valence-corrected chi connectivity index (χ0v) is 20.4. The van der Waals surface area contributed by atoms with Crippen LogP contribution in [0.3, 0.4) is 0 Å². The van der Waals surface area contributed by atoms with E-state index in [-0.39, 0.29) is 28.4 Å². The molecule has 0 saturated carbocycles. The van der Waals surface area contributed by atoms with Crippen LogP contribution in [-0.2, 0) is 10.0 Å². The predicted octanol–water partition coefficient (Wildman–Crippen LogP) is 5.10. The molecule has 1 amide bonds. The molecule has 10 nitrogen and oxygen atoms in total. The Bertz CT molecular complexity index is 1370. The van der Waals surface area contributed by atoms with Gasteiger partial charge in [0.1, 0.15) is 11.5 Å². The summed E-state index contributed by atoms with van der Waals surface area (Å²) in [5, 5.41) is 22.8. The molecule has 0 spiro atoms. The molecule has 36 heavy (non-hydrogen) atoms. The number of methoxy groups -OCH3 is 1. The summed E-state index contributed by atoms with van der Waals surface area (Å²) >= 11 is 3.19. The molecule has 0 aliphatic heterocycles. The quantitative estimate of drug-likeness (QED) is 0.308. The van der Waals surface area contributed by atoms with Gasteiger partial charge in [-0.3, -0.25) is 14.7 Å². The van der Waals surface area contributed by atoms with E-state index in [4.69, 9.17) is 4.74 Å². The summed E-state index contributed by atoms with van der Waals surface area (Å²) in [6.07, 6.45) is -4.94. The van der Waals surface area contributed by atoms with Crippen LogP contribution in [0.1, 0.15) is 10.4 Å². The van der Waals surface area contributed by atoms with Crippen LogP contribution in [0.15, 0.2) is 70.0 Å². The number of benzene rings is 3. The van der Waals surface area contributed by atoms with Crippen molar-refractivity contribution in [2.75, 3.05) is 22.4 Å². The van der Waals surface area contributed by atoms with Crippen molar-refractivity contribution in [3.05, 3.63) is 75.9 Å². The number of carbonyl (C=O) groups excluding carboxylic acids is 1. The first kappa shape index (κ1) is 27.1. The standard InChI is InChI=1S/C21H16BrF3N3O7S/c1-34-14-5-9-18(19(11-14)28(30)31)26-20(29)16-10-12(22)2-8-17(16)27-36(32,33)15-6-3-13(4-7-15)35-21(23,24)25/h2-11,27,30H,1H3,(H,26,29)/q-1. The molecule has 0 radical (unpaired) electrons. The Labute approximate surface area is 211 Å². The minimum absolute atomic E-state index is 0.104. The SMILES string of the molecule is COc1ccc(NC(=O)c2cc(Br)ccc2NS(=O)(=O)c2ccc(OC(F)(F)F)cc2)c(N([O-])O)c1. The summed E-state index contributed by atoms with van der Waals surface area (Å²) in [6, 6.07) is 11.3. The summed E-state index contributed by atoms with van der Waals surface area (Å²) in [5.41, 5.74) is -0.806. The van der Waals surface area contributed by atoms with Gasteiger partial charge in [-0.2, -0.15) is 0 Å². The molecule has 0 atom stereocenters. The number of hydrogen-bond donors (Lipinski definition) is 3. The van der Waals surface area contributed by atoms with E-state index in [0.717, 1.165) is 24.3 Å². The average Bonchev–Trinajstić information content (AvgIpc) is 2.79. The van der Waals surface area contributed by atoms with Gasteiger partial charge < -0.3 is 25.2 Å². The van der Waals surface area contributed by atoms with Gasteiger partial charge in [-0.25, -0.2) is 8.42 Å². The van der Waals surface area contributed by atoms with Crippen molar-refractivity contribution in [3.8, 4) is 11.5 Å². The monoisotopic (exact) mass is 590 g/mol. The van der Waals surface area contributed by atoms with Crippen LogP contribution < -0.4 is 24.7 Å². The van der Waals surface area contributed by atoms with Crippen molar-refractivity contribution in [2.24, 2.45) is 0 Å². The van der Waals surface area contributed by atoms with Gasteiger partial charge in [0.05, 0.1) is 34.6 Å². The largest absolute Gasteiger partial charge is 0.733 e. The van der Waals surface area contributed by atoms with Crippen LogP contribution in [0.25, 0.3) is 0 Å². The fraction of sp³-hybridized carbons (Fsp3) is 0.0952. The molecule has 0 aromatic heterocycles. The predicted molar refractivity (Wildman–Crippen MR) is 127 cm³/mol. The number of anilines is 3. The third-order valence-corrected chi connectivity index (χ3v) is 6.37. The van der Waals surface area contributed by atoms with Crippen molar-refractivity contribution in [3.63, 3.8) is 0 Å². The summed E-state index contributed by atoms with van der Waals surface area (Å²) in [5.74, 6) is -1.24. The highest BCUT2D eigenvalue weighted by Gasteiger charge is 2.31. The van der Waals surface area contributed by atoms with Gasteiger partial charge in [0.2, 0.25) is 0 Å². The molecule has 0 aliphatic rings. The highest BCUT2D eigenvalue weighted by Crippen LogP contribution is 2.31. The minimum atomic E-state index is -4.94. The molecule has 15 heteroatoms. The fourth-order valence-electron chi connectivity index (χ4n) is 2.91. The topological polar surface area (TPSA) is 140 Å². The molecule has 0 saturated heterocycles. The number of ether oxygens (including phenoxy) is 2. The van der Waals surface area contributed by atoms with Crippen molar-refractivity contribution >= 4 is 48.9 Å². The summed E-state index contributed by atoms with van der Waals surface area (Å²) in [6.45, 7) is 0. The molecule has 0 heterocycles. The average molecular weight is 591 g/mol. The Morgan fingerprint density at radius 3 is 2.22 bits per heavy atom. The highest BCUT2D eigenvalue weighted by atomic mass is 79.9. The number of nitrogens with one attached hydrogen (secondary N) is 2. The number of carbonyl (C=O) groups is 1. The van der Waals surface area contributed by atoms with E-state index in [9.17, 15) is 36.8 Å². The van der Waals surface area contributed by atoms with E-state index in [1.165, 1.54) is 43.5 Å². The maximum Gasteiger partial charge on any atom is 0.573 e. The van der Waals surface area contributed by atoms with Crippen LogP contribution in [0.5, 0.6) is 11.5 Å². The van der Waals surface area contributed by atoms with Gasteiger partial charge in [0.15, 0.2) is 0 Å². The zero-order valence-electron chi connectivity index (χ0n) is 18.0. The lowest BCUT2D eigenvalue weighted by Gasteiger charge is -2.25. The molecular weight excluding hydrogens is 575 g/mol. The minimum Gasteiger partial charge on any atom is -0.733 e. The Balaban J connectivity index is 1.89. The van der Waals surface area contributed by atoms with Gasteiger partial charge in [0.25, 0.3) is 15.9 Å². The lowest BCUT2D eigenvalue weighted by molar-refractivity contribution is -0.274. The van der Waals surface area contributed by atoms with Crippen molar-refractivity contribution in [1.29, 1.82) is 0 Å². The maximum absolute atomic E-state index is 13.0. The van der Waals surface area contributed by atoms with Crippen LogP contribution in [0, 0.1) is 5.21 Å². The first-order valence-corrected chi connectivity index (χ1v) is 11.9. The van der Waals surface area contributed by atoms with E-state index >= 15 is 0 Å². The Morgan fingerprint density at radius 2 is 1.64 bits per heavy atom. The van der Waals surface area contributed by atoms with E-state index < -0.39 is 38.2 Å². The Hall–Kier alpha value is -3.53. The van der Waals surface area contributed by atoms with Crippen molar-refractivity contribution in [2.45, 2.75) is 11.3 Å². The van der Waals surface area contributed by atoms with Gasteiger partial charge in [-0.05, 0) is 54.6 Å². The number of sulfonamides is 1. The van der Waals surface area contributed by atoms with Crippen LogP contribution >= 0.6 is 15.9 Å². The Morgan fingerprint density at radius 1 is 1.03 bits per heavy atom. The summed E-state index contributed by atoms with van der Waals surface area (Å²) in [4.78, 5) is 12.6. The smallest absolute Gasteiger partial charge is 0.573 e. The fourth-order valence-corrected chi connectivity index (χ4v) is 4.35. The molecule has 3 rings (SSSR count). The number of halogens is 4. The molecule has 0 unspecified atom stereocenters. The molecule has 3 N–H and O–H groups in total. The third kappa shape index (κ3) is 6.78. The van der Waals surface area contributed by atoms with E-state index in [2.05, 4.69) is 30.7 Å². The number of alkyl halides is 3. The van der Waals surface area contributed by atoms with Gasteiger partial charge in [-0.15, -0.1) is 13.2 Å². The van der Waals surface area contributed by atoms with E-state index in [0.29, 0.717) is 4.47 Å². The third-order valence-electron chi connectivity index (χ3n) is 4.50. The molecule has 3 aromatic rings. The first-order chi connectivity index (χ1) is 16.8. The molecule has 0 bridgehead atoms. The van der Waals surface area contributed by atoms with Gasteiger partial charge >= 0.3 is 6.36 Å². The number of hydrogen-bond acceptors (Lipinski definition) is 8. The van der Waals surface area contributed by atoms with Crippen molar-refractivity contribution < 1.29 is 41.1 Å². The van der Waals surface area contributed by atoms with Crippen LogP contribution in [0.2, 0.25) is 0 Å². The number of nitrogens with zero attached hydrogens (tertiary/aromatic N) is 1. The zero-order chi connectivity index (χ0) is 26.7. The Kier molecular flexibility index (Phi) is 7.98. The second-order valence-electron chi connectivity index (χ2n) is 6.92. The van der Waals surface area contributed by atoms with Gasteiger partial charge in [-0.1, -0.05) is 15.9 Å². The lowest BCUT2D eigenvalue weighted by Crippen LogP contribution is -2.20. The first-order valence-electron chi connectivity index (χ1n) is 9.63. The van der Waals surface area contributed by atoms with E-state index in [1.54, 1.807) is 0 Å². The van der Waals surface area contributed by atoms with Gasteiger partial charge in [0, 0.05) is 10.5 Å². The maximum atomic E-state index is 13.0. The molecule has 0 fully saturated rings. The summed E-state index contributed by atoms with van der Waals surface area (Å²) < 4.78 is 74.0. The number of rotatable bonds is 8. The van der Waals surface area contributed by atoms with E-state index in [1.807, 2.05) is 0 Å². The molecular formula is C21H16BrF3N3O7S-. The van der Waals surface area contributed by atoms with Crippen LogP contribution in [-0.4, -0.2) is 33.0 Å². The second kappa shape index (κ2) is 10.6. The number of amides is 1. The van der Waals surface area contributed by atoms with Crippen LogP contribution in [0.4, 0.5) is 30.2 Å². The summed E-state index contributed by atoms with van der Waals surface area (Å²) in [7, 11) is -3.01. The van der Waals surface area contributed by atoms with Crippen molar-refractivity contribution in [1.82, 2.24) is 0 Å². The highest BCUT2D eigenvalue weighted by molar-refractivity contribution is 9.10. The molecule has 3 aromatic carbocycles.